The van der Waals surface area contributed by atoms with Gasteiger partial charge in [-0.15, -0.1) is 0 Å². The molecule has 0 saturated heterocycles. The molecule has 0 radical (unpaired) electrons. The molecule has 3 aromatic rings. The molecule has 0 aromatic heterocycles. The van der Waals surface area contributed by atoms with Crippen LogP contribution in [-0.4, -0.2) is 54.1 Å². The summed E-state index contributed by atoms with van der Waals surface area (Å²) in [6, 6.07) is 12.1. The Labute approximate surface area is 247 Å². The predicted molar refractivity (Wildman–Crippen MR) is 167 cm³/mol. The molecule has 0 bridgehead atoms. The Morgan fingerprint density at radius 3 is 1.57 bits per heavy atom. The maximum atomic E-state index is 5.71. The summed E-state index contributed by atoms with van der Waals surface area (Å²) < 4.78 is 33.8. The number of hydrogen-bond acceptors (Lipinski definition) is 8. The predicted octanol–water partition coefficient (Wildman–Crippen LogP) is 7.45. The minimum absolute atomic E-state index is 0.0390. The normalized spacial score (nSPS) is 16.9. The van der Waals surface area contributed by atoms with Gasteiger partial charge in [0.2, 0.25) is 11.5 Å². The molecule has 220 valence electrons. The van der Waals surface area contributed by atoms with Gasteiger partial charge in [-0.05, 0) is 97.8 Å². The molecule has 0 spiro atoms. The van der Waals surface area contributed by atoms with Crippen molar-refractivity contribution < 1.29 is 28.4 Å². The Balaban J connectivity index is 1.72. The Morgan fingerprint density at radius 2 is 1.10 bits per heavy atom. The minimum Gasteiger partial charge on any atom is -0.493 e. The van der Waals surface area contributed by atoms with E-state index in [2.05, 4.69) is 32.1 Å². The molecule has 5 rings (SSSR count). The molecule has 8 heteroatoms. The van der Waals surface area contributed by atoms with E-state index in [1.807, 2.05) is 24.3 Å². The highest BCUT2D eigenvalue weighted by atomic mass is 16.5. The van der Waals surface area contributed by atoms with Crippen LogP contribution in [0.25, 0.3) is 6.08 Å². The third kappa shape index (κ3) is 5.29. The highest BCUT2D eigenvalue weighted by Gasteiger charge is 2.33. The van der Waals surface area contributed by atoms with Crippen LogP contribution in [0.2, 0.25) is 0 Å². The van der Waals surface area contributed by atoms with Crippen LogP contribution < -0.4 is 28.4 Å². The zero-order chi connectivity index (χ0) is 30.0. The Kier molecular flexibility index (Phi) is 8.43. The molecule has 1 saturated carbocycles. The summed E-state index contributed by atoms with van der Waals surface area (Å²) in [5, 5.41) is 0. The van der Waals surface area contributed by atoms with E-state index in [9.17, 15) is 0 Å². The second-order valence-corrected chi connectivity index (χ2v) is 10.4. The number of rotatable bonds is 8. The van der Waals surface area contributed by atoms with Crippen LogP contribution in [0.4, 0.5) is 11.4 Å². The maximum absolute atomic E-state index is 5.71. The van der Waals surface area contributed by atoms with Gasteiger partial charge in [0, 0.05) is 11.5 Å². The topological polar surface area (TPSA) is 80.1 Å². The van der Waals surface area contributed by atoms with E-state index in [0.29, 0.717) is 34.5 Å². The highest BCUT2D eigenvalue weighted by molar-refractivity contribution is 6.24. The van der Waals surface area contributed by atoms with Crippen molar-refractivity contribution in [3.8, 4) is 34.5 Å². The lowest BCUT2D eigenvalue weighted by molar-refractivity contribution is 0.324. The number of fused-ring (bicyclic) bond motifs is 2. The van der Waals surface area contributed by atoms with Crippen molar-refractivity contribution in [3.63, 3.8) is 0 Å². The Morgan fingerprint density at radius 1 is 0.619 bits per heavy atom. The molecule has 2 aliphatic rings. The van der Waals surface area contributed by atoms with E-state index in [0.717, 1.165) is 58.8 Å². The van der Waals surface area contributed by atoms with Crippen LogP contribution >= 0.6 is 0 Å². The number of allylic oxidation sites excluding steroid dienone is 1. The quantitative estimate of drug-likeness (QED) is 0.280. The second kappa shape index (κ2) is 12.2. The lowest BCUT2D eigenvalue weighted by Crippen LogP contribution is -2.29. The molecule has 1 atom stereocenters. The first kappa shape index (κ1) is 29.0. The maximum Gasteiger partial charge on any atom is 0.203 e. The van der Waals surface area contributed by atoms with E-state index in [1.165, 1.54) is 11.1 Å². The summed E-state index contributed by atoms with van der Waals surface area (Å²) >= 11 is 0. The highest BCUT2D eigenvalue weighted by Crippen LogP contribution is 2.45. The molecule has 0 N–H and O–H groups in total. The Hall–Kier alpha value is -4.46. The SMILES string of the molecule is COc1cc(/C=C2\CCCC3C2=Nc2cc(C)c(C)cc2N=C3c2cc(OC)c(OC)c(OC)c2)cc(OC)c1OC. The summed E-state index contributed by atoms with van der Waals surface area (Å²) in [5.74, 6) is 3.45. The van der Waals surface area contributed by atoms with E-state index in [4.69, 9.17) is 38.4 Å². The largest absolute Gasteiger partial charge is 0.493 e. The zero-order valence-corrected chi connectivity index (χ0v) is 25.6. The second-order valence-electron chi connectivity index (χ2n) is 10.4. The number of hydrogen-bond donors (Lipinski definition) is 0. The van der Waals surface area contributed by atoms with Crippen molar-refractivity contribution in [2.24, 2.45) is 15.9 Å². The molecule has 1 aliphatic heterocycles. The van der Waals surface area contributed by atoms with Crippen LogP contribution in [0.15, 0.2) is 52.0 Å². The van der Waals surface area contributed by atoms with Gasteiger partial charge in [-0.1, -0.05) is 0 Å². The van der Waals surface area contributed by atoms with Gasteiger partial charge in [0.05, 0.1) is 65.5 Å². The average molecular weight is 571 g/mol. The van der Waals surface area contributed by atoms with Crippen LogP contribution in [0.1, 0.15) is 41.5 Å². The van der Waals surface area contributed by atoms with Gasteiger partial charge in [0.1, 0.15) is 0 Å². The lowest BCUT2D eigenvalue weighted by Gasteiger charge is -2.28. The first-order valence-electron chi connectivity index (χ1n) is 13.9. The van der Waals surface area contributed by atoms with Gasteiger partial charge in [-0.2, -0.15) is 0 Å². The number of ether oxygens (including phenoxy) is 6. The molecule has 8 nitrogen and oxygen atoms in total. The molecular weight excluding hydrogens is 532 g/mol. The first-order chi connectivity index (χ1) is 20.3. The molecule has 1 fully saturated rings. The summed E-state index contributed by atoms with van der Waals surface area (Å²) in [6.45, 7) is 4.21. The first-order valence-corrected chi connectivity index (χ1v) is 13.9. The third-order valence-electron chi connectivity index (χ3n) is 7.99. The lowest BCUT2D eigenvalue weighted by atomic mass is 9.78. The number of aliphatic imine (C=N–C) groups is 2. The number of benzene rings is 3. The summed E-state index contributed by atoms with van der Waals surface area (Å²) in [7, 11) is 9.72. The van der Waals surface area contributed by atoms with Crippen LogP contribution in [0.5, 0.6) is 34.5 Å². The summed E-state index contributed by atoms with van der Waals surface area (Å²) in [6.07, 6.45) is 4.95. The van der Waals surface area contributed by atoms with Gasteiger partial charge in [-0.3, -0.25) is 4.99 Å². The Bertz CT molecular complexity index is 1550. The van der Waals surface area contributed by atoms with Crippen LogP contribution in [-0.2, 0) is 0 Å². The van der Waals surface area contributed by atoms with E-state index in [1.54, 1.807) is 42.7 Å². The molecule has 1 aliphatic carbocycles. The van der Waals surface area contributed by atoms with Crippen molar-refractivity contribution in [2.45, 2.75) is 33.1 Å². The van der Waals surface area contributed by atoms with Crippen molar-refractivity contribution >= 4 is 28.9 Å². The van der Waals surface area contributed by atoms with Gasteiger partial charge in [0.25, 0.3) is 0 Å². The van der Waals surface area contributed by atoms with Crippen LogP contribution in [0, 0.1) is 19.8 Å². The van der Waals surface area contributed by atoms with Crippen molar-refractivity contribution in [2.75, 3.05) is 42.7 Å². The van der Waals surface area contributed by atoms with E-state index >= 15 is 0 Å². The number of aryl methyl sites for hydroxylation is 2. The number of nitrogens with zero attached hydrogens (tertiary/aromatic N) is 2. The molecule has 1 heterocycles. The summed E-state index contributed by atoms with van der Waals surface area (Å²) in [4.78, 5) is 10.6. The number of methoxy groups -OCH3 is 6. The standard InChI is InChI=1S/C34H38N2O6/c1-19-12-25-26(13-20(19)2)36-32(23-17-29(39-5)34(42-8)30(18-23)40-6)24-11-9-10-22(31(24)35-25)14-21-15-27(37-3)33(41-7)28(16-21)38-4/h12-18,24H,9-11H2,1-8H3/b22-14+. The average Bonchev–Trinajstić information content (AvgIpc) is 3.17. The molecule has 0 amide bonds. The fourth-order valence-electron chi connectivity index (χ4n) is 5.73. The van der Waals surface area contributed by atoms with Gasteiger partial charge in [-0.25, -0.2) is 4.99 Å². The monoisotopic (exact) mass is 570 g/mol. The van der Waals surface area contributed by atoms with Crippen molar-refractivity contribution in [3.05, 3.63) is 64.2 Å². The fraction of sp³-hybridized carbons (Fsp3) is 0.353. The smallest absolute Gasteiger partial charge is 0.203 e. The van der Waals surface area contributed by atoms with Crippen molar-refractivity contribution in [1.29, 1.82) is 0 Å². The molecule has 42 heavy (non-hydrogen) atoms. The van der Waals surface area contributed by atoms with Gasteiger partial charge >= 0.3 is 0 Å². The van der Waals surface area contributed by atoms with Gasteiger partial charge < -0.3 is 28.4 Å². The molecule has 1 unspecified atom stereocenters. The zero-order valence-electron chi connectivity index (χ0n) is 25.6. The fourth-order valence-corrected chi connectivity index (χ4v) is 5.73. The van der Waals surface area contributed by atoms with Gasteiger partial charge in [0.15, 0.2) is 23.0 Å². The van der Waals surface area contributed by atoms with E-state index < -0.39 is 0 Å². The molecular formula is C34H38N2O6. The minimum atomic E-state index is -0.0390. The summed E-state index contributed by atoms with van der Waals surface area (Å²) in [5.41, 5.74) is 8.96. The van der Waals surface area contributed by atoms with Crippen molar-refractivity contribution in [1.82, 2.24) is 0 Å². The van der Waals surface area contributed by atoms with E-state index in [-0.39, 0.29) is 5.92 Å². The molecule has 3 aromatic carbocycles. The third-order valence-corrected chi connectivity index (χ3v) is 7.99. The van der Waals surface area contributed by atoms with Crippen LogP contribution in [0.3, 0.4) is 0 Å².